The van der Waals surface area contributed by atoms with Gasteiger partial charge in [-0.1, -0.05) is 29.3 Å². The molecule has 2 aromatic carbocycles. The van der Waals surface area contributed by atoms with E-state index in [1.54, 1.807) is 6.07 Å². The summed E-state index contributed by atoms with van der Waals surface area (Å²) in [6.45, 7) is 9.36. The average Bonchev–Trinajstić information content (AvgIpc) is 3.01. The fourth-order valence-electron chi connectivity index (χ4n) is 4.01. The van der Waals surface area contributed by atoms with Crippen molar-refractivity contribution in [2.24, 2.45) is 0 Å². The number of hydrogen-bond acceptors (Lipinski definition) is 4. The zero-order chi connectivity index (χ0) is 22.1. The van der Waals surface area contributed by atoms with Gasteiger partial charge in [0.25, 0.3) is 0 Å². The maximum atomic E-state index is 6.34. The summed E-state index contributed by atoms with van der Waals surface area (Å²) >= 11 is 12.4. The summed E-state index contributed by atoms with van der Waals surface area (Å²) in [6, 6.07) is 13.6. The van der Waals surface area contributed by atoms with Crippen LogP contribution in [-0.4, -0.2) is 21.4 Å². The molecule has 0 spiro atoms. The third kappa shape index (κ3) is 4.08. The Labute approximate surface area is 192 Å². The quantitative estimate of drug-likeness (QED) is 0.353. The van der Waals surface area contributed by atoms with Crippen molar-refractivity contribution in [2.75, 3.05) is 11.9 Å². The fraction of sp³-hybridized carbons (Fsp3) is 0.250. The van der Waals surface area contributed by atoms with Crippen molar-refractivity contribution in [3.05, 3.63) is 75.2 Å². The van der Waals surface area contributed by atoms with Crippen molar-refractivity contribution in [3.63, 3.8) is 0 Å². The van der Waals surface area contributed by atoms with Crippen LogP contribution in [0.2, 0.25) is 10.0 Å². The Kier molecular flexibility index (Phi) is 6.08. The molecule has 5 nitrogen and oxygen atoms in total. The number of halogens is 2. The number of ether oxygens (including phenoxy) is 1. The molecule has 0 aliphatic heterocycles. The summed E-state index contributed by atoms with van der Waals surface area (Å²) in [6.07, 6.45) is 0. The molecule has 0 saturated carbocycles. The van der Waals surface area contributed by atoms with Crippen LogP contribution in [-0.2, 0) is 6.54 Å². The highest BCUT2D eigenvalue weighted by atomic mass is 35.5. The minimum Gasteiger partial charge on any atom is -0.494 e. The Morgan fingerprint density at radius 3 is 2.32 bits per heavy atom. The van der Waals surface area contributed by atoms with E-state index < -0.39 is 0 Å². The lowest BCUT2D eigenvalue weighted by atomic mass is 10.1. The monoisotopic (exact) mass is 454 g/mol. The molecule has 0 aliphatic rings. The first-order valence-electron chi connectivity index (χ1n) is 10.2. The van der Waals surface area contributed by atoms with E-state index in [-0.39, 0.29) is 0 Å². The second kappa shape index (κ2) is 8.77. The average molecular weight is 455 g/mol. The lowest BCUT2D eigenvalue weighted by molar-refractivity contribution is 0.340. The number of nitrogens with one attached hydrogen (secondary N) is 1. The van der Waals surface area contributed by atoms with E-state index in [9.17, 15) is 0 Å². The molecule has 2 aromatic heterocycles. The van der Waals surface area contributed by atoms with E-state index in [0.717, 1.165) is 50.7 Å². The van der Waals surface area contributed by atoms with Gasteiger partial charge < -0.3 is 14.6 Å². The summed E-state index contributed by atoms with van der Waals surface area (Å²) in [7, 11) is 0. The van der Waals surface area contributed by atoms with E-state index in [1.807, 2.05) is 38.1 Å². The maximum absolute atomic E-state index is 6.34. The van der Waals surface area contributed by atoms with Crippen molar-refractivity contribution in [1.29, 1.82) is 0 Å². The molecule has 2 heterocycles. The van der Waals surface area contributed by atoms with Gasteiger partial charge in [-0.2, -0.15) is 5.10 Å². The van der Waals surface area contributed by atoms with Gasteiger partial charge in [-0.05, 0) is 69.7 Å². The molecule has 4 rings (SSSR count). The topological polar surface area (TPSA) is 52.0 Å². The number of aromatic nitrogens is 3. The van der Waals surface area contributed by atoms with Crippen LogP contribution in [0.3, 0.4) is 0 Å². The zero-order valence-electron chi connectivity index (χ0n) is 18.0. The number of rotatable bonds is 6. The molecule has 31 heavy (non-hydrogen) atoms. The third-order valence-corrected chi connectivity index (χ3v) is 6.00. The molecule has 4 aromatic rings. The Morgan fingerprint density at radius 2 is 1.65 bits per heavy atom. The van der Waals surface area contributed by atoms with Gasteiger partial charge in [-0.15, -0.1) is 5.10 Å². The molecule has 0 saturated heterocycles. The molecule has 0 radical (unpaired) electrons. The number of fused-ring (bicyclic) bond motifs is 1. The summed E-state index contributed by atoms with van der Waals surface area (Å²) < 4.78 is 7.82. The Morgan fingerprint density at radius 1 is 0.935 bits per heavy atom. The van der Waals surface area contributed by atoms with Gasteiger partial charge in [0.15, 0.2) is 5.82 Å². The van der Waals surface area contributed by atoms with Crippen LogP contribution in [0.1, 0.15) is 29.6 Å². The second-order valence-electron chi connectivity index (χ2n) is 7.41. The van der Waals surface area contributed by atoms with Gasteiger partial charge >= 0.3 is 0 Å². The molecule has 160 valence electrons. The summed E-state index contributed by atoms with van der Waals surface area (Å²) in [5, 5.41) is 15.7. The van der Waals surface area contributed by atoms with Crippen LogP contribution >= 0.6 is 23.2 Å². The normalized spacial score (nSPS) is 11.2. The standard InChI is InChI=1S/C24H24Cl2N4O/c1-5-31-20-10-8-19(9-11-20)30-15(3)22-14(2)28-29-24(23(22)16(30)4)27-13-17-6-7-18(25)12-21(17)26/h6-12H,5,13H2,1-4H3,(H,27,29). The van der Waals surface area contributed by atoms with Crippen molar-refractivity contribution in [3.8, 4) is 11.4 Å². The molecular weight excluding hydrogens is 431 g/mol. The van der Waals surface area contributed by atoms with Gasteiger partial charge in [0.1, 0.15) is 5.75 Å². The number of nitrogens with zero attached hydrogens (tertiary/aromatic N) is 3. The molecular formula is C24H24Cl2N4O. The molecule has 0 bridgehead atoms. The molecule has 1 N–H and O–H groups in total. The molecule has 0 atom stereocenters. The van der Waals surface area contributed by atoms with Crippen LogP contribution in [0.15, 0.2) is 42.5 Å². The maximum Gasteiger partial charge on any atom is 0.158 e. The van der Waals surface area contributed by atoms with Crippen molar-refractivity contribution in [1.82, 2.24) is 14.8 Å². The van der Waals surface area contributed by atoms with Gasteiger partial charge in [-0.3, -0.25) is 0 Å². The summed E-state index contributed by atoms with van der Waals surface area (Å²) in [5.41, 5.74) is 5.13. The van der Waals surface area contributed by atoms with Crippen LogP contribution in [0.5, 0.6) is 5.75 Å². The molecule has 7 heteroatoms. The zero-order valence-corrected chi connectivity index (χ0v) is 19.5. The van der Waals surface area contributed by atoms with E-state index in [2.05, 4.69) is 46.1 Å². The minimum absolute atomic E-state index is 0.523. The fourth-order valence-corrected chi connectivity index (χ4v) is 4.48. The highest BCUT2D eigenvalue weighted by molar-refractivity contribution is 6.35. The van der Waals surface area contributed by atoms with Crippen LogP contribution in [0.25, 0.3) is 16.5 Å². The Hall–Kier alpha value is -2.76. The highest BCUT2D eigenvalue weighted by Crippen LogP contribution is 2.34. The second-order valence-corrected chi connectivity index (χ2v) is 8.25. The Balaban J connectivity index is 1.76. The predicted molar refractivity (Wildman–Crippen MR) is 128 cm³/mol. The first-order valence-corrected chi connectivity index (χ1v) is 10.9. The van der Waals surface area contributed by atoms with Crippen molar-refractivity contribution >= 4 is 39.8 Å². The van der Waals surface area contributed by atoms with Gasteiger partial charge in [0.2, 0.25) is 0 Å². The van der Waals surface area contributed by atoms with Crippen LogP contribution in [0.4, 0.5) is 5.82 Å². The van der Waals surface area contributed by atoms with E-state index >= 15 is 0 Å². The number of benzene rings is 2. The van der Waals surface area contributed by atoms with E-state index in [4.69, 9.17) is 27.9 Å². The Bertz CT molecular complexity index is 1250. The van der Waals surface area contributed by atoms with Gasteiger partial charge in [0.05, 0.1) is 12.3 Å². The first kappa shape index (κ1) is 21.5. The molecule has 0 aliphatic carbocycles. The first-order chi connectivity index (χ1) is 14.9. The summed E-state index contributed by atoms with van der Waals surface area (Å²) in [5.74, 6) is 1.59. The van der Waals surface area contributed by atoms with Crippen LogP contribution in [0, 0.1) is 20.8 Å². The summed E-state index contributed by atoms with van der Waals surface area (Å²) in [4.78, 5) is 0. The van der Waals surface area contributed by atoms with Crippen molar-refractivity contribution in [2.45, 2.75) is 34.2 Å². The lowest BCUT2D eigenvalue weighted by Gasteiger charge is -2.11. The van der Waals surface area contributed by atoms with E-state index in [1.165, 1.54) is 0 Å². The predicted octanol–water partition coefficient (Wildman–Crippen LogP) is 6.66. The van der Waals surface area contributed by atoms with Gasteiger partial charge in [0, 0.05) is 44.4 Å². The van der Waals surface area contributed by atoms with Crippen LogP contribution < -0.4 is 10.1 Å². The smallest absolute Gasteiger partial charge is 0.158 e. The number of aryl methyl sites for hydroxylation is 3. The number of anilines is 1. The largest absolute Gasteiger partial charge is 0.494 e. The number of hydrogen-bond donors (Lipinski definition) is 1. The molecule has 0 fully saturated rings. The minimum atomic E-state index is 0.523. The van der Waals surface area contributed by atoms with Gasteiger partial charge in [-0.25, -0.2) is 0 Å². The van der Waals surface area contributed by atoms with E-state index in [0.29, 0.717) is 23.2 Å². The SMILES string of the molecule is CCOc1ccc(-n2c(C)c3c(C)nnc(NCc4ccc(Cl)cc4Cl)c3c2C)cc1. The molecule has 0 amide bonds. The molecule has 0 unspecified atom stereocenters. The lowest BCUT2D eigenvalue weighted by Crippen LogP contribution is -2.05. The van der Waals surface area contributed by atoms with Crippen molar-refractivity contribution < 1.29 is 4.74 Å². The third-order valence-electron chi connectivity index (χ3n) is 5.41. The highest BCUT2D eigenvalue weighted by Gasteiger charge is 2.19.